The van der Waals surface area contributed by atoms with E-state index in [2.05, 4.69) is 14.9 Å². The van der Waals surface area contributed by atoms with Gasteiger partial charge in [0.15, 0.2) is 0 Å². The number of amides is 1. The van der Waals surface area contributed by atoms with Crippen molar-refractivity contribution in [3.63, 3.8) is 0 Å². The molecule has 3 N–H and O–H groups in total. The highest BCUT2D eigenvalue weighted by Gasteiger charge is 2.12. The minimum Gasteiger partial charge on any atom is -0.383 e. The fourth-order valence-corrected chi connectivity index (χ4v) is 2.41. The molecule has 1 unspecified atom stereocenters. The molecule has 2 aromatic heterocycles. The van der Waals surface area contributed by atoms with Crippen LogP contribution in [0.3, 0.4) is 0 Å². The zero-order chi connectivity index (χ0) is 17.4. The second kappa shape index (κ2) is 8.98. The molecule has 24 heavy (non-hydrogen) atoms. The molecule has 6 heteroatoms. The molecular weight excluding hydrogens is 304 g/mol. The lowest BCUT2D eigenvalue weighted by Crippen LogP contribution is -2.28. The number of primary amides is 1. The summed E-state index contributed by atoms with van der Waals surface area (Å²) in [5, 5.41) is 9.41. The van der Waals surface area contributed by atoms with Gasteiger partial charge in [-0.15, -0.1) is 0 Å². The molecule has 2 heterocycles. The first-order chi connectivity index (χ1) is 11.6. The fraction of sp³-hybridized carbons (Fsp3) is 0.389. The SMILES string of the molecule is Cc1ccc(N(CCCCCC(O)C(N)=O)c2ccccn2)nc1. The molecule has 0 saturated carbocycles. The Kier molecular flexibility index (Phi) is 6.69. The Morgan fingerprint density at radius 2 is 1.96 bits per heavy atom. The van der Waals surface area contributed by atoms with Gasteiger partial charge in [-0.05, 0) is 43.5 Å². The third-order valence-corrected chi connectivity index (χ3v) is 3.79. The fourth-order valence-electron chi connectivity index (χ4n) is 2.41. The van der Waals surface area contributed by atoms with Crippen LogP contribution in [0.2, 0.25) is 0 Å². The number of hydrogen-bond acceptors (Lipinski definition) is 5. The van der Waals surface area contributed by atoms with Crippen molar-refractivity contribution in [2.75, 3.05) is 11.4 Å². The van der Waals surface area contributed by atoms with Crippen LogP contribution in [0.5, 0.6) is 0 Å². The summed E-state index contributed by atoms with van der Waals surface area (Å²) in [4.78, 5) is 21.8. The molecule has 0 aliphatic carbocycles. The van der Waals surface area contributed by atoms with Crippen molar-refractivity contribution in [2.24, 2.45) is 5.73 Å². The summed E-state index contributed by atoms with van der Waals surface area (Å²) >= 11 is 0. The van der Waals surface area contributed by atoms with Crippen LogP contribution in [-0.2, 0) is 4.79 Å². The Hall–Kier alpha value is -2.47. The van der Waals surface area contributed by atoms with Gasteiger partial charge in [-0.3, -0.25) is 4.79 Å². The molecule has 0 fully saturated rings. The van der Waals surface area contributed by atoms with E-state index in [-0.39, 0.29) is 0 Å². The van der Waals surface area contributed by atoms with E-state index in [9.17, 15) is 9.90 Å². The van der Waals surface area contributed by atoms with Gasteiger partial charge in [0.05, 0.1) is 0 Å². The van der Waals surface area contributed by atoms with E-state index in [0.29, 0.717) is 6.42 Å². The lowest BCUT2D eigenvalue weighted by Gasteiger charge is -2.22. The molecule has 2 rings (SSSR count). The van der Waals surface area contributed by atoms with E-state index in [1.165, 1.54) is 0 Å². The van der Waals surface area contributed by atoms with Gasteiger partial charge < -0.3 is 15.7 Å². The van der Waals surface area contributed by atoms with Gasteiger partial charge in [-0.1, -0.05) is 25.0 Å². The van der Waals surface area contributed by atoms with Crippen molar-refractivity contribution in [2.45, 2.75) is 38.7 Å². The Labute approximate surface area is 142 Å². The molecule has 0 aromatic carbocycles. The number of hydrogen-bond donors (Lipinski definition) is 2. The van der Waals surface area contributed by atoms with Gasteiger partial charge >= 0.3 is 0 Å². The minimum absolute atomic E-state index is 0.404. The minimum atomic E-state index is -1.05. The summed E-state index contributed by atoms with van der Waals surface area (Å²) in [6.07, 6.45) is 5.50. The zero-order valence-electron chi connectivity index (χ0n) is 13.9. The molecule has 6 nitrogen and oxygen atoms in total. The van der Waals surface area contributed by atoms with Crippen molar-refractivity contribution in [1.82, 2.24) is 9.97 Å². The van der Waals surface area contributed by atoms with Crippen LogP contribution in [0, 0.1) is 6.92 Å². The number of aryl methyl sites for hydroxylation is 1. The lowest BCUT2D eigenvalue weighted by atomic mass is 10.1. The number of unbranched alkanes of at least 4 members (excludes halogenated alkanes) is 2. The van der Waals surface area contributed by atoms with Crippen molar-refractivity contribution in [1.29, 1.82) is 0 Å². The predicted octanol–water partition coefficient (Wildman–Crippen LogP) is 2.33. The summed E-state index contributed by atoms with van der Waals surface area (Å²) in [5.41, 5.74) is 6.16. The quantitative estimate of drug-likeness (QED) is 0.689. The first-order valence-electron chi connectivity index (χ1n) is 8.16. The number of carbonyl (C=O) groups excluding carboxylic acids is 1. The maximum Gasteiger partial charge on any atom is 0.246 e. The highest BCUT2D eigenvalue weighted by molar-refractivity contribution is 5.78. The molecule has 1 atom stereocenters. The van der Waals surface area contributed by atoms with Crippen molar-refractivity contribution in [3.8, 4) is 0 Å². The average Bonchev–Trinajstić information content (AvgIpc) is 2.59. The number of aliphatic hydroxyl groups excluding tert-OH is 1. The molecule has 1 amide bonds. The number of aliphatic hydroxyl groups is 1. The van der Waals surface area contributed by atoms with Crippen LogP contribution in [0.4, 0.5) is 11.6 Å². The van der Waals surface area contributed by atoms with Crippen LogP contribution in [0.15, 0.2) is 42.7 Å². The third-order valence-electron chi connectivity index (χ3n) is 3.79. The van der Waals surface area contributed by atoms with Gasteiger partial charge in [0.1, 0.15) is 17.7 Å². The van der Waals surface area contributed by atoms with Gasteiger partial charge in [0.25, 0.3) is 0 Å². The lowest BCUT2D eigenvalue weighted by molar-refractivity contribution is -0.126. The number of rotatable bonds is 9. The Morgan fingerprint density at radius 1 is 1.17 bits per heavy atom. The van der Waals surface area contributed by atoms with E-state index >= 15 is 0 Å². The normalized spacial score (nSPS) is 11.9. The first kappa shape index (κ1) is 17.9. The first-order valence-corrected chi connectivity index (χ1v) is 8.16. The second-order valence-corrected chi connectivity index (χ2v) is 5.80. The molecule has 0 aliphatic rings. The van der Waals surface area contributed by atoms with E-state index < -0.39 is 12.0 Å². The summed E-state index contributed by atoms with van der Waals surface area (Å²) in [5.74, 6) is 1.05. The highest BCUT2D eigenvalue weighted by atomic mass is 16.3. The largest absolute Gasteiger partial charge is 0.383 e. The van der Waals surface area contributed by atoms with Gasteiger partial charge in [0, 0.05) is 18.9 Å². The van der Waals surface area contributed by atoms with E-state index in [4.69, 9.17) is 5.73 Å². The number of aromatic nitrogens is 2. The average molecular weight is 328 g/mol. The third kappa shape index (κ3) is 5.31. The maximum absolute atomic E-state index is 10.8. The second-order valence-electron chi connectivity index (χ2n) is 5.80. The number of pyridine rings is 2. The number of nitrogens with zero attached hydrogens (tertiary/aromatic N) is 3. The molecule has 128 valence electrons. The topological polar surface area (TPSA) is 92.3 Å². The predicted molar refractivity (Wildman–Crippen MR) is 93.9 cm³/mol. The summed E-state index contributed by atoms with van der Waals surface area (Å²) in [6, 6.07) is 9.81. The van der Waals surface area contributed by atoms with Gasteiger partial charge in [-0.2, -0.15) is 0 Å². The van der Waals surface area contributed by atoms with Crippen LogP contribution in [-0.4, -0.2) is 33.6 Å². The monoisotopic (exact) mass is 328 g/mol. The molecule has 0 saturated heterocycles. The maximum atomic E-state index is 10.8. The molecule has 0 bridgehead atoms. The molecule has 0 spiro atoms. The number of anilines is 2. The summed E-state index contributed by atoms with van der Waals surface area (Å²) in [6.45, 7) is 2.77. The summed E-state index contributed by atoms with van der Waals surface area (Å²) in [7, 11) is 0. The van der Waals surface area contributed by atoms with Crippen molar-refractivity contribution < 1.29 is 9.90 Å². The molecule has 2 aromatic rings. The summed E-state index contributed by atoms with van der Waals surface area (Å²) < 4.78 is 0. The highest BCUT2D eigenvalue weighted by Crippen LogP contribution is 2.22. The van der Waals surface area contributed by atoms with E-state index in [1.54, 1.807) is 6.20 Å². The molecular formula is C18H24N4O2. The molecule has 0 radical (unpaired) electrons. The molecule has 0 aliphatic heterocycles. The van der Waals surface area contributed by atoms with Crippen molar-refractivity contribution in [3.05, 3.63) is 48.3 Å². The van der Waals surface area contributed by atoms with Gasteiger partial charge in [0.2, 0.25) is 5.91 Å². The van der Waals surface area contributed by atoms with Crippen LogP contribution >= 0.6 is 0 Å². The standard InChI is InChI=1S/C18H24N4O2/c1-14-9-10-17(21-13-14)22(16-8-4-5-11-20-16)12-6-2-3-7-15(23)18(19)24/h4-5,8-11,13,15,23H,2-3,6-7,12H2,1H3,(H2,19,24). The Balaban J connectivity index is 1.95. The number of carbonyl (C=O) groups is 1. The smallest absolute Gasteiger partial charge is 0.246 e. The zero-order valence-corrected chi connectivity index (χ0v) is 13.9. The van der Waals surface area contributed by atoms with Gasteiger partial charge in [-0.25, -0.2) is 9.97 Å². The van der Waals surface area contributed by atoms with Crippen LogP contribution < -0.4 is 10.6 Å². The van der Waals surface area contributed by atoms with E-state index in [1.807, 2.05) is 43.5 Å². The number of nitrogens with two attached hydrogens (primary N) is 1. The Bertz CT molecular complexity index is 631. The van der Waals surface area contributed by atoms with Crippen LogP contribution in [0.25, 0.3) is 0 Å². The Morgan fingerprint density at radius 3 is 2.58 bits per heavy atom. The van der Waals surface area contributed by atoms with Crippen LogP contribution in [0.1, 0.15) is 31.2 Å². The van der Waals surface area contributed by atoms with E-state index in [0.717, 1.165) is 43.0 Å². The van der Waals surface area contributed by atoms with Crippen molar-refractivity contribution >= 4 is 17.5 Å².